The van der Waals surface area contributed by atoms with Gasteiger partial charge in [0.2, 0.25) is 0 Å². The molecule has 1 aliphatic rings. The molecule has 1 aliphatic heterocycles. The van der Waals surface area contributed by atoms with Gasteiger partial charge in [-0.2, -0.15) is 0 Å². The van der Waals surface area contributed by atoms with E-state index in [1.54, 1.807) is 0 Å². The van der Waals surface area contributed by atoms with E-state index in [0.717, 1.165) is 6.92 Å². The second kappa shape index (κ2) is 3.86. The number of hydrogen-bond donors (Lipinski definition) is 4. The maximum Gasteiger partial charge on any atom is 0.363 e. The minimum Gasteiger partial charge on any atom is -0.432 e. The van der Waals surface area contributed by atoms with Gasteiger partial charge in [0.05, 0.1) is 6.61 Å². The Bertz CT molecular complexity index is 289. The molecule has 0 radical (unpaired) electrons. The normalized spacial score (nSPS) is 30.3. The van der Waals surface area contributed by atoms with Gasteiger partial charge in [-0.15, -0.1) is 0 Å². The van der Waals surface area contributed by atoms with Gasteiger partial charge >= 0.3 is 5.97 Å². The maximum absolute atomic E-state index is 11.0. The molecule has 0 aliphatic carbocycles. The van der Waals surface area contributed by atoms with Gasteiger partial charge < -0.3 is 25.2 Å². The van der Waals surface area contributed by atoms with Crippen LogP contribution in [0.1, 0.15) is 6.92 Å². The molecule has 7 heteroatoms. The van der Waals surface area contributed by atoms with Crippen molar-refractivity contribution in [1.29, 1.82) is 0 Å². The van der Waals surface area contributed by atoms with Crippen molar-refractivity contribution in [2.24, 2.45) is 0 Å². The number of carbonyl (C=O) groups excluding carboxylic acids is 2. The van der Waals surface area contributed by atoms with Crippen LogP contribution in [0.2, 0.25) is 0 Å². The van der Waals surface area contributed by atoms with E-state index in [1.807, 2.05) is 0 Å². The Balaban J connectivity index is 2.80. The van der Waals surface area contributed by atoms with Gasteiger partial charge in [-0.25, -0.2) is 4.79 Å². The Labute approximate surface area is 84.9 Å². The summed E-state index contributed by atoms with van der Waals surface area (Å²) in [6, 6.07) is 0. The van der Waals surface area contributed by atoms with Crippen LogP contribution >= 0.6 is 0 Å². The molecule has 0 saturated carbocycles. The third-order valence-electron chi connectivity index (χ3n) is 2.36. The molecule has 1 saturated heterocycles. The number of rotatable bonds is 5. The zero-order valence-electron chi connectivity index (χ0n) is 7.95. The number of carbonyl (C=O) groups is 2. The Kier molecular flexibility index (Phi) is 3.10. The molecule has 15 heavy (non-hydrogen) atoms. The van der Waals surface area contributed by atoms with E-state index in [0.29, 0.717) is 0 Å². The van der Waals surface area contributed by atoms with Crippen LogP contribution in [0, 0.1) is 0 Å². The molecule has 1 fully saturated rings. The summed E-state index contributed by atoms with van der Waals surface area (Å²) in [5.41, 5.74) is -2.07. The minimum absolute atomic E-state index is 0.760. The maximum atomic E-state index is 11.0. The fraction of sp³-hybridized carbons (Fsp3) is 0.750. The van der Waals surface area contributed by atoms with Gasteiger partial charge in [-0.3, -0.25) is 4.79 Å². The van der Waals surface area contributed by atoms with Crippen molar-refractivity contribution in [2.75, 3.05) is 6.61 Å². The lowest BCUT2D eigenvalue weighted by Gasteiger charge is -2.22. The molecular formula is C8H12O7. The van der Waals surface area contributed by atoms with E-state index < -0.39 is 42.3 Å². The number of Topliss-reactive ketones (excluding diaryl/α,β-unsaturated/α-hetero) is 1. The second-order valence-corrected chi connectivity index (χ2v) is 3.37. The highest BCUT2D eigenvalue weighted by Gasteiger charge is 2.69. The summed E-state index contributed by atoms with van der Waals surface area (Å²) < 4.78 is 4.35. The minimum atomic E-state index is -2.07. The molecule has 4 atom stereocenters. The van der Waals surface area contributed by atoms with Crippen LogP contribution in [0.15, 0.2) is 0 Å². The lowest BCUT2D eigenvalue weighted by atomic mass is 9.92. The summed E-state index contributed by atoms with van der Waals surface area (Å²) in [6.07, 6.45) is -5.36. The molecule has 0 aromatic rings. The smallest absolute Gasteiger partial charge is 0.363 e. The van der Waals surface area contributed by atoms with Crippen LogP contribution in [0.5, 0.6) is 0 Å². The van der Waals surface area contributed by atoms with Crippen LogP contribution in [-0.4, -0.2) is 62.7 Å². The van der Waals surface area contributed by atoms with Crippen molar-refractivity contribution < 1.29 is 34.8 Å². The molecule has 1 rings (SSSR count). The summed E-state index contributed by atoms with van der Waals surface area (Å²) in [5, 5.41) is 36.3. The van der Waals surface area contributed by atoms with Crippen LogP contribution in [-0.2, 0) is 14.3 Å². The number of aliphatic hydroxyl groups is 4. The van der Waals surface area contributed by atoms with Gasteiger partial charge in [-0.1, -0.05) is 0 Å². The number of ketones is 1. The SMILES string of the molecule is CC(=O)C1(C(O)C(O)C(O)CO)OC1=O. The topological polar surface area (TPSA) is 128 Å². The van der Waals surface area contributed by atoms with Crippen molar-refractivity contribution in [2.45, 2.75) is 30.8 Å². The first-order valence-corrected chi connectivity index (χ1v) is 4.27. The Morgan fingerprint density at radius 2 is 1.93 bits per heavy atom. The molecule has 0 aromatic carbocycles. The van der Waals surface area contributed by atoms with Gasteiger partial charge in [-0.05, 0) is 6.92 Å². The van der Waals surface area contributed by atoms with Gasteiger partial charge in [0.25, 0.3) is 5.60 Å². The largest absolute Gasteiger partial charge is 0.432 e. The number of ether oxygens (including phenoxy) is 1. The predicted molar refractivity (Wildman–Crippen MR) is 44.6 cm³/mol. The molecular weight excluding hydrogens is 208 g/mol. The van der Waals surface area contributed by atoms with E-state index in [-0.39, 0.29) is 0 Å². The summed E-state index contributed by atoms with van der Waals surface area (Å²) >= 11 is 0. The highest BCUT2D eigenvalue weighted by molar-refractivity contribution is 6.16. The van der Waals surface area contributed by atoms with Crippen molar-refractivity contribution in [3.05, 3.63) is 0 Å². The van der Waals surface area contributed by atoms with Crippen molar-refractivity contribution >= 4 is 11.8 Å². The third-order valence-corrected chi connectivity index (χ3v) is 2.36. The average Bonchev–Trinajstić information content (AvgIpc) is 2.88. The fourth-order valence-electron chi connectivity index (χ4n) is 1.28. The molecule has 0 aromatic heterocycles. The van der Waals surface area contributed by atoms with E-state index in [2.05, 4.69) is 4.74 Å². The molecule has 4 unspecified atom stereocenters. The molecule has 4 N–H and O–H groups in total. The molecule has 0 spiro atoms. The highest BCUT2D eigenvalue weighted by atomic mass is 16.7. The van der Waals surface area contributed by atoms with E-state index in [4.69, 9.17) is 10.2 Å². The number of aliphatic hydroxyl groups excluding tert-OH is 4. The first-order chi connectivity index (χ1) is 6.87. The Morgan fingerprint density at radius 1 is 1.47 bits per heavy atom. The van der Waals surface area contributed by atoms with Crippen molar-refractivity contribution in [3.63, 3.8) is 0 Å². The van der Waals surface area contributed by atoms with Gasteiger partial charge in [0.1, 0.15) is 18.3 Å². The molecule has 0 amide bonds. The number of epoxide rings is 1. The zero-order valence-corrected chi connectivity index (χ0v) is 7.95. The van der Waals surface area contributed by atoms with E-state index >= 15 is 0 Å². The third kappa shape index (κ3) is 1.74. The van der Waals surface area contributed by atoms with Gasteiger partial charge in [0.15, 0.2) is 5.78 Å². The first kappa shape index (κ1) is 12.1. The highest BCUT2D eigenvalue weighted by Crippen LogP contribution is 2.36. The second-order valence-electron chi connectivity index (χ2n) is 3.37. The van der Waals surface area contributed by atoms with Crippen LogP contribution in [0.3, 0.4) is 0 Å². The zero-order chi connectivity index (χ0) is 11.8. The Morgan fingerprint density at radius 3 is 2.20 bits per heavy atom. The molecule has 1 heterocycles. The summed E-state index contributed by atoms with van der Waals surface area (Å²) in [7, 11) is 0. The summed E-state index contributed by atoms with van der Waals surface area (Å²) in [4.78, 5) is 21.9. The van der Waals surface area contributed by atoms with Crippen LogP contribution in [0.25, 0.3) is 0 Å². The lowest BCUT2D eigenvalue weighted by Crippen LogP contribution is -2.51. The van der Waals surface area contributed by atoms with E-state index in [9.17, 15) is 19.8 Å². The van der Waals surface area contributed by atoms with Gasteiger partial charge in [0, 0.05) is 0 Å². The number of hydrogen-bond acceptors (Lipinski definition) is 7. The summed E-state index contributed by atoms with van der Waals surface area (Å²) in [6.45, 7) is 0.215. The first-order valence-electron chi connectivity index (χ1n) is 4.27. The predicted octanol–water partition coefficient (Wildman–Crippen LogP) is -3.05. The monoisotopic (exact) mass is 220 g/mol. The standard InChI is InChI=1S/C8H12O7/c1-3(10)8(7(14)15-8)6(13)5(12)4(11)2-9/h4-6,9,11-13H,2H2,1H3. The Hall–Kier alpha value is -1.02. The van der Waals surface area contributed by atoms with Crippen molar-refractivity contribution in [1.82, 2.24) is 0 Å². The van der Waals surface area contributed by atoms with Crippen molar-refractivity contribution in [3.8, 4) is 0 Å². The lowest BCUT2D eigenvalue weighted by molar-refractivity contribution is -0.137. The summed E-state index contributed by atoms with van der Waals surface area (Å²) in [5.74, 6) is -1.71. The van der Waals surface area contributed by atoms with E-state index in [1.165, 1.54) is 0 Å². The van der Waals surface area contributed by atoms with Crippen LogP contribution < -0.4 is 0 Å². The molecule has 86 valence electrons. The van der Waals surface area contributed by atoms with Crippen LogP contribution in [0.4, 0.5) is 0 Å². The quantitative estimate of drug-likeness (QED) is 0.286. The molecule has 0 bridgehead atoms. The average molecular weight is 220 g/mol. The molecule has 7 nitrogen and oxygen atoms in total. The number of cyclic esters (lactones) is 1. The fourth-order valence-corrected chi connectivity index (χ4v) is 1.28.